The number of hydrogen-bond acceptors (Lipinski definition) is 1. The zero-order chi connectivity index (χ0) is 10.8. The molecule has 1 aromatic carbocycles. The van der Waals surface area contributed by atoms with E-state index >= 15 is 0 Å². The van der Waals surface area contributed by atoms with Crippen molar-refractivity contribution in [2.75, 3.05) is 0 Å². The number of halogens is 1. The highest BCUT2D eigenvalue weighted by molar-refractivity contribution is 9.10. The fraction of sp³-hybridized carbons (Fsp3) is 0.0833. The number of aryl methyl sites for hydroxylation is 1. The normalized spacial score (nSPS) is 10.3. The zero-order valence-electron chi connectivity index (χ0n) is 8.27. The smallest absolute Gasteiger partial charge is 0.255 e. The molecule has 0 bridgehead atoms. The molecule has 1 aromatic heterocycles. The van der Waals surface area contributed by atoms with Crippen molar-refractivity contribution < 1.29 is 0 Å². The van der Waals surface area contributed by atoms with Crippen molar-refractivity contribution in [1.82, 2.24) is 4.57 Å². The van der Waals surface area contributed by atoms with Crippen LogP contribution in [0.1, 0.15) is 5.56 Å². The second-order valence-corrected chi connectivity index (χ2v) is 4.30. The van der Waals surface area contributed by atoms with Gasteiger partial charge in [-0.1, -0.05) is 15.9 Å². The fourth-order valence-corrected chi connectivity index (χ4v) is 1.66. The van der Waals surface area contributed by atoms with E-state index in [-0.39, 0.29) is 5.56 Å². The summed E-state index contributed by atoms with van der Waals surface area (Å²) in [5.41, 5.74) is 1.86. The molecular formula is C12H10BrNO. The topological polar surface area (TPSA) is 22.0 Å². The van der Waals surface area contributed by atoms with Gasteiger partial charge in [-0.3, -0.25) is 9.36 Å². The van der Waals surface area contributed by atoms with E-state index in [0.717, 1.165) is 15.7 Å². The summed E-state index contributed by atoms with van der Waals surface area (Å²) in [4.78, 5) is 11.7. The predicted octanol–water partition coefficient (Wildman–Crippen LogP) is 2.91. The summed E-state index contributed by atoms with van der Waals surface area (Å²) in [7, 11) is 0. The SMILES string of the molecule is Cc1ccn(-c2ccc(Br)cc2)c(=O)c1. The second-order valence-electron chi connectivity index (χ2n) is 3.39. The molecule has 0 atom stereocenters. The van der Waals surface area contributed by atoms with Crippen LogP contribution < -0.4 is 5.56 Å². The molecule has 2 rings (SSSR count). The second kappa shape index (κ2) is 4.03. The molecule has 0 amide bonds. The number of pyridine rings is 1. The van der Waals surface area contributed by atoms with Crippen molar-refractivity contribution in [3.05, 3.63) is 63.0 Å². The summed E-state index contributed by atoms with van der Waals surface area (Å²) in [6.45, 7) is 1.91. The molecular weight excluding hydrogens is 254 g/mol. The van der Waals surface area contributed by atoms with E-state index in [2.05, 4.69) is 15.9 Å². The Morgan fingerprint density at radius 3 is 2.40 bits per heavy atom. The van der Waals surface area contributed by atoms with Crippen LogP contribution in [0.25, 0.3) is 5.69 Å². The lowest BCUT2D eigenvalue weighted by atomic mass is 10.2. The maximum Gasteiger partial charge on any atom is 0.255 e. The number of aromatic nitrogens is 1. The number of hydrogen-bond donors (Lipinski definition) is 0. The lowest BCUT2D eigenvalue weighted by Crippen LogP contribution is -2.16. The summed E-state index contributed by atoms with van der Waals surface area (Å²) in [6, 6.07) is 11.2. The van der Waals surface area contributed by atoms with Gasteiger partial charge in [0.15, 0.2) is 0 Å². The largest absolute Gasteiger partial charge is 0.284 e. The third-order valence-corrected chi connectivity index (χ3v) is 2.71. The van der Waals surface area contributed by atoms with Gasteiger partial charge in [0.05, 0.1) is 0 Å². The number of rotatable bonds is 1. The summed E-state index contributed by atoms with van der Waals surface area (Å²) in [6.07, 6.45) is 1.79. The Hall–Kier alpha value is -1.35. The third kappa shape index (κ3) is 2.18. The van der Waals surface area contributed by atoms with E-state index in [1.54, 1.807) is 16.8 Å². The van der Waals surface area contributed by atoms with E-state index in [4.69, 9.17) is 0 Å². The lowest BCUT2D eigenvalue weighted by molar-refractivity contribution is 0.982. The van der Waals surface area contributed by atoms with Crippen molar-refractivity contribution in [2.45, 2.75) is 6.92 Å². The van der Waals surface area contributed by atoms with Gasteiger partial charge in [-0.15, -0.1) is 0 Å². The van der Waals surface area contributed by atoms with Crippen LogP contribution in [0.2, 0.25) is 0 Å². The first-order valence-electron chi connectivity index (χ1n) is 4.62. The van der Waals surface area contributed by atoms with Gasteiger partial charge < -0.3 is 0 Å². The van der Waals surface area contributed by atoms with Crippen molar-refractivity contribution in [1.29, 1.82) is 0 Å². The Labute approximate surface area is 96.3 Å². The molecule has 1 heterocycles. The molecule has 0 aliphatic carbocycles. The van der Waals surface area contributed by atoms with Crippen LogP contribution in [-0.2, 0) is 0 Å². The number of benzene rings is 1. The minimum absolute atomic E-state index is 0.00248. The third-order valence-electron chi connectivity index (χ3n) is 2.18. The highest BCUT2D eigenvalue weighted by atomic mass is 79.9. The Balaban J connectivity index is 2.55. The minimum atomic E-state index is -0.00248. The predicted molar refractivity (Wildman–Crippen MR) is 64.5 cm³/mol. The summed E-state index contributed by atoms with van der Waals surface area (Å²) in [5, 5.41) is 0. The molecule has 76 valence electrons. The lowest BCUT2D eigenvalue weighted by Gasteiger charge is -2.05. The number of nitrogens with zero attached hydrogens (tertiary/aromatic N) is 1. The molecule has 0 fully saturated rings. The molecule has 3 heteroatoms. The Bertz CT molecular complexity index is 528. The van der Waals surface area contributed by atoms with Gasteiger partial charge in [0.1, 0.15) is 0 Å². The molecule has 0 unspecified atom stereocenters. The first-order valence-corrected chi connectivity index (χ1v) is 5.41. The van der Waals surface area contributed by atoms with E-state index in [1.165, 1.54) is 0 Å². The molecule has 0 spiro atoms. The van der Waals surface area contributed by atoms with E-state index in [9.17, 15) is 4.79 Å². The molecule has 15 heavy (non-hydrogen) atoms. The van der Waals surface area contributed by atoms with Crippen LogP contribution in [0.3, 0.4) is 0 Å². The fourth-order valence-electron chi connectivity index (χ4n) is 1.39. The summed E-state index contributed by atoms with van der Waals surface area (Å²) < 4.78 is 2.63. The van der Waals surface area contributed by atoms with Crippen LogP contribution in [0.15, 0.2) is 51.9 Å². The van der Waals surface area contributed by atoms with Crippen molar-refractivity contribution >= 4 is 15.9 Å². The molecule has 0 N–H and O–H groups in total. The van der Waals surface area contributed by atoms with Crippen LogP contribution in [0, 0.1) is 6.92 Å². The molecule has 0 radical (unpaired) electrons. The Morgan fingerprint density at radius 2 is 1.80 bits per heavy atom. The highest BCUT2D eigenvalue weighted by Gasteiger charge is 1.98. The van der Waals surface area contributed by atoms with Gasteiger partial charge in [0.2, 0.25) is 0 Å². The van der Waals surface area contributed by atoms with Crippen molar-refractivity contribution in [2.24, 2.45) is 0 Å². The molecule has 0 aliphatic rings. The van der Waals surface area contributed by atoms with Gasteiger partial charge in [0, 0.05) is 22.4 Å². The van der Waals surface area contributed by atoms with Gasteiger partial charge in [-0.2, -0.15) is 0 Å². The van der Waals surface area contributed by atoms with Gasteiger partial charge in [-0.25, -0.2) is 0 Å². The molecule has 0 aliphatic heterocycles. The first-order chi connectivity index (χ1) is 7.16. The molecule has 0 saturated heterocycles. The Kier molecular flexibility index (Phi) is 2.73. The van der Waals surface area contributed by atoms with E-state index < -0.39 is 0 Å². The standard InChI is InChI=1S/C12H10BrNO/c1-9-6-7-14(12(15)8-9)11-4-2-10(13)3-5-11/h2-8H,1H3. The summed E-state index contributed by atoms with van der Waals surface area (Å²) >= 11 is 3.36. The molecule has 2 nitrogen and oxygen atoms in total. The van der Waals surface area contributed by atoms with E-state index in [0.29, 0.717) is 0 Å². The first kappa shape index (κ1) is 10.2. The minimum Gasteiger partial charge on any atom is -0.284 e. The highest BCUT2D eigenvalue weighted by Crippen LogP contribution is 2.12. The van der Waals surface area contributed by atoms with Crippen LogP contribution in [0.5, 0.6) is 0 Å². The Morgan fingerprint density at radius 1 is 1.13 bits per heavy atom. The van der Waals surface area contributed by atoms with Gasteiger partial charge in [0.25, 0.3) is 5.56 Å². The monoisotopic (exact) mass is 263 g/mol. The van der Waals surface area contributed by atoms with Gasteiger partial charge in [-0.05, 0) is 42.8 Å². The maximum atomic E-state index is 11.7. The average molecular weight is 264 g/mol. The zero-order valence-corrected chi connectivity index (χ0v) is 9.86. The summed E-state index contributed by atoms with van der Waals surface area (Å²) in [5.74, 6) is 0. The molecule has 0 saturated carbocycles. The van der Waals surface area contributed by atoms with Crippen molar-refractivity contribution in [3.63, 3.8) is 0 Å². The maximum absolute atomic E-state index is 11.7. The van der Waals surface area contributed by atoms with Gasteiger partial charge >= 0.3 is 0 Å². The van der Waals surface area contributed by atoms with Crippen LogP contribution >= 0.6 is 15.9 Å². The quantitative estimate of drug-likeness (QED) is 0.776. The van der Waals surface area contributed by atoms with Crippen molar-refractivity contribution in [3.8, 4) is 5.69 Å². The van der Waals surface area contributed by atoms with Crippen LogP contribution in [-0.4, -0.2) is 4.57 Å². The van der Waals surface area contributed by atoms with E-state index in [1.807, 2.05) is 37.3 Å². The van der Waals surface area contributed by atoms with Crippen LogP contribution in [0.4, 0.5) is 0 Å². The average Bonchev–Trinajstić information content (AvgIpc) is 2.20. The molecule has 2 aromatic rings.